The predicted octanol–water partition coefficient (Wildman–Crippen LogP) is 12.8. The second-order valence-corrected chi connectivity index (χ2v) is 14.5. The minimum Gasteiger partial charge on any atom is -0.310 e. The Kier molecular flexibility index (Phi) is 9.02. The van der Waals surface area contributed by atoms with Crippen molar-refractivity contribution in [2.24, 2.45) is 10.8 Å². The fourth-order valence-electron chi connectivity index (χ4n) is 6.15. The van der Waals surface area contributed by atoms with Crippen molar-refractivity contribution >= 4 is 34.1 Å². The number of anilines is 6. The lowest BCUT2D eigenvalue weighted by Gasteiger charge is -2.36. The molecule has 0 spiro atoms. The third-order valence-corrected chi connectivity index (χ3v) is 8.32. The highest BCUT2D eigenvalue weighted by atomic mass is 15.2. The minimum absolute atomic E-state index is 0.183. The molecular formula is C42H48N2. The van der Waals surface area contributed by atoms with Crippen LogP contribution in [0.4, 0.5) is 34.1 Å². The van der Waals surface area contributed by atoms with E-state index in [9.17, 15) is 0 Å². The molecule has 0 heterocycles. The molecule has 2 heteroatoms. The smallest absolute Gasteiger partial charge is 0.0464 e. The van der Waals surface area contributed by atoms with E-state index in [1.165, 1.54) is 16.7 Å². The summed E-state index contributed by atoms with van der Waals surface area (Å²) < 4.78 is 0. The topological polar surface area (TPSA) is 6.48 Å². The molecule has 5 aromatic rings. The van der Waals surface area contributed by atoms with E-state index in [1.54, 1.807) is 0 Å². The summed E-state index contributed by atoms with van der Waals surface area (Å²) in [6, 6.07) is 46.3. The Balaban J connectivity index is 1.55. The van der Waals surface area contributed by atoms with Crippen LogP contribution in [0, 0.1) is 24.7 Å². The Morgan fingerprint density at radius 3 is 1.23 bits per heavy atom. The van der Waals surface area contributed by atoms with E-state index in [0.29, 0.717) is 5.92 Å². The van der Waals surface area contributed by atoms with Gasteiger partial charge in [-0.3, -0.25) is 0 Å². The zero-order valence-electron chi connectivity index (χ0n) is 27.8. The van der Waals surface area contributed by atoms with Crippen molar-refractivity contribution in [3.8, 4) is 0 Å². The highest BCUT2D eigenvalue weighted by Gasteiger charge is 2.30. The van der Waals surface area contributed by atoms with Gasteiger partial charge in [-0.25, -0.2) is 0 Å². The van der Waals surface area contributed by atoms with Crippen molar-refractivity contribution in [3.05, 3.63) is 144 Å². The van der Waals surface area contributed by atoms with Crippen LogP contribution in [-0.2, 0) is 0 Å². The highest BCUT2D eigenvalue weighted by molar-refractivity contribution is 5.81. The van der Waals surface area contributed by atoms with Crippen LogP contribution in [0.5, 0.6) is 0 Å². The summed E-state index contributed by atoms with van der Waals surface area (Å²) in [7, 11) is 0. The first kappa shape index (κ1) is 31.1. The molecule has 2 nitrogen and oxygen atoms in total. The van der Waals surface area contributed by atoms with Gasteiger partial charge in [0.25, 0.3) is 0 Å². The van der Waals surface area contributed by atoms with Crippen LogP contribution in [0.3, 0.4) is 0 Å². The maximum absolute atomic E-state index is 2.37. The van der Waals surface area contributed by atoms with Gasteiger partial charge in [-0.05, 0) is 127 Å². The number of hydrogen-bond acceptors (Lipinski definition) is 2. The van der Waals surface area contributed by atoms with Crippen LogP contribution in [0.1, 0.15) is 70.6 Å². The minimum atomic E-state index is 0.183. The van der Waals surface area contributed by atoms with Crippen molar-refractivity contribution in [1.82, 2.24) is 0 Å². The fourth-order valence-corrected chi connectivity index (χ4v) is 6.15. The van der Waals surface area contributed by atoms with Crippen molar-refractivity contribution in [1.29, 1.82) is 0 Å². The van der Waals surface area contributed by atoms with Gasteiger partial charge in [-0.15, -0.1) is 0 Å². The zero-order valence-corrected chi connectivity index (χ0v) is 27.8. The molecule has 0 amide bonds. The van der Waals surface area contributed by atoms with Crippen LogP contribution in [0.25, 0.3) is 0 Å². The first-order valence-corrected chi connectivity index (χ1v) is 15.9. The van der Waals surface area contributed by atoms with E-state index in [0.717, 1.165) is 40.5 Å². The van der Waals surface area contributed by atoms with Crippen LogP contribution < -0.4 is 9.80 Å². The van der Waals surface area contributed by atoms with Gasteiger partial charge >= 0.3 is 0 Å². The number of nitrogens with zero attached hydrogens (tertiary/aromatic N) is 2. The lowest BCUT2D eigenvalue weighted by Crippen LogP contribution is -2.23. The monoisotopic (exact) mass is 580 g/mol. The summed E-state index contributed by atoms with van der Waals surface area (Å²) in [4.78, 5) is 4.69. The maximum Gasteiger partial charge on any atom is 0.0464 e. The molecule has 226 valence electrons. The van der Waals surface area contributed by atoms with Gasteiger partial charge in [0, 0.05) is 34.1 Å². The molecule has 44 heavy (non-hydrogen) atoms. The number of hydrogen-bond donors (Lipinski definition) is 0. The Bertz CT molecular complexity index is 1650. The summed E-state index contributed by atoms with van der Waals surface area (Å²) >= 11 is 0. The Morgan fingerprint density at radius 2 is 0.841 bits per heavy atom. The standard InChI is InChI=1S/C42H48N2/c1-31-14-12-18-38(28-31)43(34-16-10-9-11-17-34)36-24-26-37(27-25-36)44(39-19-13-15-32(2)29-39)35-22-20-33(21-23-35)40(42(6,7)8)30-41(3,4)5/h9-29,40H,30H2,1-8H3. The van der Waals surface area contributed by atoms with Gasteiger partial charge in [0.15, 0.2) is 0 Å². The van der Waals surface area contributed by atoms with E-state index in [2.05, 4.69) is 193 Å². The predicted molar refractivity (Wildman–Crippen MR) is 192 cm³/mol. The molecule has 0 saturated heterocycles. The zero-order chi connectivity index (χ0) is 31.5. The third-order valence-electron chi connectivity index (χ3n) is 8.32. The van der Waals surface area contributed by atoms with E-state index >= 15 is 0 Å². The molecule has 1 unspecified atom stereocenters. The lowest BCUT2D eigenvalue weighted by molar-refractivity contribution is 0.229. The van der Waals surface area contributed by atoms with Crippen molar-refractivity contribution in [3.63, 3.8) is 0 Å². The Labute approximate surface area is 266 Å². The molecule has 5 aromatic carbocycles. The maximum atomic E-state index is 2.37. The quantitative estimate of drug-likeness (QED) is 0.180. The summed E-state index contributed by atoms with van der Waals surface area (Å²) in [6.45, 7) is 18.5. The van der Waals surface area contributed by atoms with Crippen LogP contribution in [0.15, 0.2) is 127 Å². The normalized spacial score (nSPS) is 12.5. The second kappa shape index (κ2) is 12.7. The van der Waals surface area contributed by atoms with Gasteiger partial charge in [0.2, 0.25) is 0 Å². The highest BCUT2D eigenvalue weighted by Crippen LogP contribution is 2.44. The van der Waals surface area contributed by atoms with Gasteiger partial charge < -0.3 is 9.80 Å². The summed E-state index contributed by atoms with van der Waals surface area (Å²) in [5.41, 5.74) is 11.2. The van der Waals surface area contributed by atoms with Crippen LogP contribution in [-0.4, -0.2) is 0 Å². The van der Waals surface area contributed by atoms with Crippen molar-refractivity contribution in [2.45, 2.75) is 67.7 Å². The van der Waals surface area contributed by atoms with Crippen LogP contribution >= 0.6 is 0 Å². The second-order valence-electron chi connectivity index (χ2n) is 14.5. The Hall–Kier alpha value is -4.30. The molecule has 0 saturated carbocycles. The first-order chi connectivity index (χ1) is 20.9. The first-order valence-electron chi connectivity index (χ1n) is 15.9. The molecule has 5 rings (SSSR count). The number of benzene rings is 5. The number of rotatable bonds is 8. The van der Waals surface area contributed by atoms with Gasteiger partial charge in [0.05, 0.1) is 0 Å². The average Bonchev–Trinajstić information content (AvgIpc) is 2.97. The molecule has 0 bridgehead atoms. The van der Waals surface area contributed by atoms with Gasteiger partial charge in [-0.2, -0.15) is 0 Å². The molecule has 0 radical (unpaired) electrons. The molecule has 1 atom stereocenters. The number of aryl methyl sites for hydroxylation is 2. The van der Waals surface area contributed by atoms with E-state index < -0.39 is 0 Å². The summed E-state index contributed by atoms with van der Waals surface area (Å²) in [5.74, 6) is 0.480. The molecule has 0 aliphatic heterocycles. The Morgan fingerprint density at radius 1 is 0.455 bits per heavy atom. The van der Waals surface area contributed by atoms with Gasteiger partial charge in [0.1, 0.15) is 0 Å². The third kappa shape index (κ3) is 7.42. The van der Waals surface area contributed by atoms with Gasteiger partial charge in [-0.1, -0.05) is 96.1 Å². The van der Waals surface area contributed by atoms with Crippen molar-refractivity contribution < 1.29 is 0 Å². The molecule has 0 aliphatic carbocycles. The lowest BCUT2D eigenvalue weighted by atomic mass is 9.69. The van der Waals surface area contributed by atoms with E-state index in [4.69, 9.17) is 0 Å². The van der Waals surface area contributed by atoms with E-state index in [-0.39, 0.29) is 10.8 Å². The van der Waals surface area contributed by atoms with Crippen molar-refractivity contribution in [2.75, 3.05) is 9.80 Å². The molecule has 0 aromatic heterocycles. The molecular weight excluding hydrogens is 532 g/mol. The summed E-state index contributed by atoms with van der Waals surface area (Å²) in [5, 5.41) is 0. The average molecular weight is 581 g/mol. The van der Waals surface area contributed by atoms with E-state index in [1.807, 2.05) is 0 Å². The molecule has 0 N–H and O–H groups in total. The summed E-state index contributed by atoms with van der Waals surface area (Å²) in [6.07, 6.45) is 1.15. The fraction of sp³-hybridized carbons (Fsp3) is 0.286. The molecule has 0 aliphatic rings. The van der Waals surface area contributed by atoms with Crippen LogP contribution in [0.2, 0.25) is 0 Å². The largest absolute Gasteiger partial charge is 0.310 e. The molecule has 0 fully saturated rings. The SMILES string of the molecule is Cc1cccc(N(c2ccccc2)c2ccc(N(c3ccc(C(CC(C)(C)C)C(C)(C)C)cc3)c3cccc(C)c3)cc2)c1. The number of para-hydroxylation sites is 1.